The highest BCUT2D eigenvalue weighted by Crippen LogP contribution is 2.16. The van der Waals surface area contributed by atoms with E-state index in [1.165, 1.54) is 4.90 Å². The molecule has 100 valence electrons. The van der Waals surface area contributed by atoms with Crippen LogP contribution in [0.15, 0.2) is 0 Å². The molecule has 0 radical (unpaired) electrons. The molecule has 5 nitrogen and oxygen atoms in total. The van der Waals surface area contributed by atoms with Crippen LogP contribution in [0.5, 0.6) is 0 Å². The van der Waals surface area contributed by atoms with Crippen molar-refractivity contribution in [3.63, 3.8) is 0 Å². The number of urea groups is 1. The van der Waals surface area contributed by atoms with Crippen LogP contribution in [-0.4, -0.2) is 52.6 Å². The van der Waals surface area contributed by atoms with E-state index in [-0.39, 0.29) is 6.03 Å². The fourth-order valence-corrected chi connectivity index (χ4v) is 1.58. The second-order valence-corrected chi connectivity index (χ2v) is 4.67. The van der Waals surface area contributed by atoms with Gasteiger partial charge in [-0.2, -0.15) is 0 Å². The van der Waals surface area contributed by atoms with Crippen LogP contribution in [0.25, 0.3) is 0 Å². The fraction of sp³-hybridized carbons (Fsp3) is 0.833. The molecule has 0 fully saturated rings. The average molecular weight is 244 g/mol. The molecular weight excluding hydrogens is 220 g/mol. The second-order valence-electron chi connectivity index (χ2n) is 4.67. The predicted octanol–water partition coefficient (Wildman–Crippen LogP) is 2.02. The van der Waals surface area contributed by atoms with Gasteiger partial charge in [-0.1, -0.05) is 13.3 Å². The van der Waals surface area contributed by atoms with Crippen molar-refractivity contribution in [3.8, 4) is 0 Å². The van der Waals surface area contributed by atoms with Gasteiger partial charge >= 0.3 is 12.0 Å². The Labute approximate surface area is 103 Å². The predicted molar refractivity (Wildman–Crippen MR) is 67.0 cm³/mol. The Morgan fingerprint density at radius 1 is 1.24 bits per heavy atom. The Kier molecular flexibility index (Phi) is 5.99. The molecule has 5 heteroatoms. The Bertz CT molecular complexity index is 277. The van der Waals surface area contributed by atoms with Gasteiger partial charge in [-0.05, 0) is 27.2 Å². The van der Waals surface area contributed by atoms with E-state index in [0.717, 1.165) is 12.8 Å². The van der Waals surface area contributed by atoms with Gasteiger partial charge < -0.3 is 14.9 Å². The number of rotatable bonds is 6. The summed E-state index contributed by atoms with van der Waals surface area (Å²) in [6.07, 6.45) is 1.93. The first-order valence-electron chi connectivity index (χ1n) is 6.05. The van der Waals surface area contributed by atoms with E-state index in [0.29, 0.717) is 13.1 Å². The highest BCUT2D eigenvalue weighted by molar-refractivity contribution is 5.85. The summed E-state index contributed by atoms with van der Waals surface area (Å²) in [5, 5.41) is 9.14. The van der Waals surface area contributed by atoms with Crippen molar-refractivity contribution in [1.82, 2.24) is 9.80 Å². The van der Waals surface area contributed by atoms with Crippen LogP contribution in [0.1, 0.15) is 40.5 Å². The fourth-order valence-electron chi connectivity index (χ4n) is 1.58. The lowest BCUT2D eigenvalue weighted by Gasteiger charge is -2.36. The third kappa shape index (κ3) is 3.91. The van der Waals surface area contributed by atoms with Gasteiger partial charge in [0, 0.05) is 20.1 Å². The van der Waals surface area contributed by atoms with Gasteiger partial charge in [0.05, 0.1) is 0 Å². The summed E-state index contributed by atoms with van der Waals surface area (Å²) in [4.78, 5) is 26.2. The van der Waals surface area contributed by atoms with E-state index < -0.39 is 11.5 Å². The number of nitrogens with zero attached hydrogens (tertiary/aromatic N) is 2. The molecule has 0 aromatic carbocycles. The SMILES string of the molecule is CCCCN(C)C(=O)N(CC)C(C)(C)C(=O)O. The zero-order valence-electron chi connectivity index (χ0n) is 11.5. The Morgan fingerprint density at radius 2 is 1.76 bits per heavy atom. The first kappa shape index (κ1) is 15.7. The molecule has 0 rings (SSSR count). The number of carboxylic acids is 1. The number of carboxylic acid groups (broad SMARTS) is 1. The van der Waals surface area contributed by atoms with Crippen LogP contribution < -0.4 is 0 Å². The highest BCUT2D eigenvalue weighted by Gasteiger charge is 2.37. The summed E-state index contributed by atoms with van der Waals surface area (Å²) in [5.74, 6) is -0.989. The largest absolute Gasteiger partial charge is 0.480 e. The molecule has 0 saturated heterocycles. The second kappa shape index (κ2) is 6.47. The van der Waals surface area contributed by atoms with Gasteiger partial charge in [0.25, 0.3) is 0 Å². The van der Waals surface area contributed by atoms with Crippen LogP contribution in [0.4, 0.5) is 4.79 Å². The molecule has 0 aliphatic heterocycles. The van der Waals surface area contributed by atoms with E-state index in [9.17, 15) is 9.59 Å². The first-order valence-corrected chi connectivity index (χ1v) is 6.05. The molecule has 0 spiro atoms. The Balaban J connectivity index is 4.77. The van der Waals surface area contributed by atoms with Crippen LogP contribution >= 0.6 is 0 Å². The van der Waals surface area contributed by atoms with Crippen molar-refractivity contribution in [1.29, 1.82) is 0 Å². The lowest BCUT2D eigenvalue weighted by molar-refractivity contribution is -0.147. The zero-order valence-corrected chi connectivity index (χ0v) is 11.5. The van der Waals surface area contributed by atoms with Crippen LogP contribution in [0, 0.1) is 0 Å². The van der Waals surface area contributed by atoms with Gasteiger partial charge in [0.1, 0.15) is 5.54 Å². The number of carbonyl (C=O) groups is 2. The molecule has 0 aliphatic rings. The smallest absolute Gasteiger partial charge is 0.329 e. The summed E-state index contributed by atoms with van der Waals surface area (Å²) in [7, 11) is 1.71. The lowest BCUT2D eigenvalue weighted by atomic mass is 10.0. The standard InChI is InChI=1S/C12H24N2O3/c1-6-8-9-13(5)11(17)14(7-2)12(3,4)10(15)16/h6-9H2,1-5H3,(H,15,16). The van der Waals surface area contributed by atoms with Gasteiger partial charge in [0.15, 0.2) is 0 Å². The zero-order chi connectivity index (χ0) is 13.6. The molecule has 1 N–H and O–H groups in total. The Morgan fingerprint density at radius 3 is 2.12 bits per heavy atom. The van der Waals surface area contributed by atoms with Crippen LogP contribution in [-0.2, 0) is 4.79 Å². The van der Waals surface area contributed by atoms with E-state index in [1.54, 1.807) is 32.7 Å². The summed E-state index contributed by atoms with van der Waals surface area (Å²) in [6.45, 7) is 7.97. The number of hydrogen-bond donors (Lipinski definition) is 1. The number of hydrogen-bond acceptors (Lipinski definition) is 2. The van der Waals surface area contributed by atoms with E-state index in [4.69, 9.17) is 5.11 Å². The molecule has 0 atom stereocenters. The van der Waals surface area contributed by atoms with Gasteiger partial charge in [-0.15, -0.1) is 0 Å². The molecule has 2 amide bonds. The van der Waals surface area contributed by atoms with Gasteiger partial charge in [0.2, 0.25) is 0 Å². The number of aliphatic carboxylic acids is 1. The molecule has 0 heterocycles. The third-order valence-electron chi connectivity index (χ3n) is 2.92. The summed E-state index contributed by atoms with van der Waals surface area (Å²) < 4.78 is 0. The van der Waals surface area contributed by atoms with Crippen molar-refractivity contribution in [2.24, 2.45) is 0 Å². The molecule has 0 unspecified atom stereocenters. The maximum atomic E-state index is 12.1. The maximum absolute atomic E-state index is 12.1. The topological polar surface area (TPSA) is 60.9 Å². The molecule has 0 bridgehead atoms. The molecule has 0 aromatic heterocycles. The van der Waals surface area contributed by atoms with E-state index in [2.05, 4.69) is 6.92 Å². The summed E-state index contributed by atoms with van der Waals surface area (Å²) in [6, 6.07) is -0.228. The minimum Gasteiger partial charge on any atom is -0.480 e. The minimum atomic E-state index is -1.17. The van der Waals surface area contributed by atoms with Crippen molar-refractivity contribution in [3.05, 3.63) is 0 Å². The van der Waals surface area contributed by atoms with Crippen molar-refractivity contribution in [2.75, 3.05) is 20.1 Å². The Hall–Kier alpha value is -1.26. The molecule has 0 aromatic rings. The maximum Gasteiger partial charge on any atom is 0.329 e. The van der Waals surface area contributed by atoms with Crippen molar-refractivity contribution < 1.29 is 14.7 Å². The summed E-state index contributed by atoms with van der Waals surface area (Å²) in [5.41, 5.74) is -1.17. The lowest BCUT2D eigenvalue weighted by Crippen LogP contribution is -2.56. The van der Waals surface area contributed by atoms with E-state index in [1.807, 2.05) is 0 Å². The average Bonchev–Trinajstić information content (AvgIpc) is 2.25. The number of carbonyl (C=O) groups excluding carboxylic acids is 1. The molecule has 0 aliphatic carbocycles. The van der Waals surface area contributed by atoms with Gasteiger partial charge in [-0.25, -0.2) is 9.59 Å². The molecule has 0 saturated carbocycles. The van der Waals surface area contributed by atoms with E-state index >= 15 is 0 Å². The van der Waals surface area contributed by atoms with Crippen molar-refractivity contribution >= 4 is 12.0 Å². The van der Waals surface area contributed by atoms with Crippen LogP contribution in [0.2, 0.25) is 0 Å². The molecular formula is C12H24N2O3. The third-order valence-corrected chi connectivity index (χ3v) is 2.92. The number of likely N-dealkylation sites (N-methyl/N-ethyl adjacent to an activating group) is 1. The monoisotopic (exact) mass is 244 g/mol. The molecule has 17 heavy (non-hydrogen) atoms. The number of unbranched alkanes of at least 4 members (excludes halogenated alkanes) is 1. The summed E-state index contributed by atoms with van der Waals surface area (Å²) >= 11 is 0. The number of amides is 2. The van der Waals surface area contributed by atoms with Gasteiger partial charge in [-0.3, -0.25) is 0 Å². The normalized spacial score (nSPS) is 11.1. The minimum absolute atomic E-state index is 0.228. The van der Waals surface area contributed by atoms with Crippen molar-refractivity contribution in [2.45, 2.75) is 46.1 Å². The van der Waals surface area contributed by atoms with Crippen LogP contribution in [0.3, 0.4) is 0 Å². The first-order chi connectivity index (χ1) is 7.78. The quantitative estimate of drug-likeness (QED) is 0.777. The highest BCUT2D eigenvalue weighted by atomic mass is 16.4.